The summed E-state index contributed by atoms with van der Waals surface area (Å²) >= 11 is 0. The van der Waals surface area contributed by atoms with Crippen LogP contribution in [0.1, 0.15) is 15.9 Å². The van der Waals surface area contributed by atoms with Gasteiger partial charge in [-0.05, 0) is 34.5 Å². The molecule has 116 valence electrons. The number of rotatable bonds is 4. The molecule has 0 spiro atoms. The van der Waals surface area contributed by atoms with Crippen molar-refractivity contribution in [2.75, 3.05) is 14.2 Å². The van der Waals surface area contributed by atoms with Crippen LogP contribution in [0, 0.1) is 0 Å². The lowest BCUT2D eigenvalue weighted by atomic mass is 10.0. The lowest BCUT2D eigenvalue weighted by Crippen LogP contribution is -2.26. The first-order valence-corrected chi connectivity index (χ1v) is 7.55. The third-order valence-electron chi connectivity index (χ3n) is 3.95. The van der Waals surface area contributed by atoms with Crippen molar-refractivity contribution in [3.63, 3.8) is 0 Å². The Morgan fingerprint density at radius 3 is 2.57 bits per heavy atom. The minimum atomic E-state index is -0.0168. The summed E-state index contributed by atoms with van der Waals surface area (Å²) in [5.41, 5.74) is 1.77. The van der Waals surface area contributed by atoms with Gasteiger partial charge in [0.15, 0.2) is 0 Å². The van der Waals surface area contributed by atoms with E-state index in [2.05, 4.69) is 24.3 Å². The predicted molar refractivity (Wildman–Crippen MR) is 92.7 cm³/mol. The summed E-state index contributed by atoms with van der Waals surface area (Å²) in [6.45, 7) is 0.567. The molecule has 3 rings (SSSR count). The molecule has 0 unspecified atom stereocenters. The van der Waals surface area contributed by atoms with E-state index in [1.807, 2.05) is 43.4 Å². The molecule has 3 heteroatoms. The zero-order valence-electron chi connectivity index (χ0n) is 13.3. The first kappa shape index (κ1) is 15.1. The van der Waals surface area contributed by atoms with E-state index in [4.69, 9.17) is 4.74 Å². The molecule has 0 radical (unpaired) electrons. The number of ether oxygens (including phenoxy) is 1. The van der Waals surface area contributed by atoms with Gasteiger partial charge in [-0.3, -0.25) is 4.79 Å². The van der Waals surface area contributed by atoms with Crippen LogP contribution in [0.15, 0.2) is 66.7 Å². The van der Waals surface area contributed by atoms with Crippen LogP contribution in [0.5, 0.6) is 5.75 Å². The molecule has 23 heavy (non-hydrogen) atoms. The third kappa shape index (κ3) is 3.19. The summed E-state index contributed by atoms with van der Waals surface area (Å²) in [6, 6.07) is 21.7. The number of carbonyl (C=O) groups is 1. The third-order valence-corrected chi connectivity index (χ3v) is 3.95. The van der Waals surface area contributed by atoms with Gasteiger partial charge < -0.3 is 9.64 Å². The first-order chi connectivity index (χ1) is 11.2. The van der Waals surface area contributed by atoms with E-state index in [0.717, 1.165) is 5.56 Å². The van der Waals surface area contributed by atoms with E-state index < -0.39 is 0 Å². The number of benzene rings is 3. The second kappa shape index (κ2) is 6.53. The highest BCUT2D eigenvalue weighted by molar-refractivity contribution is 5.95. The van der Waals surface area contributed by atoms with E-state index in [9.17, 15) is 4.79 Å². The number of amides is 1. The quantitative estimate of drug-likeness (QED) is 0.725. The highest BCUT2D eigenvalue weighted by atomic mass is 16.5. The lowest BCUT2D eigenvalue weighted by molar-refractivity contribution is 0.0785. The maximum atomic E-state index is 12.6. The monoisotopic (exact) mass is 305 g/mol. The van der Waals surface area contributed by atoms with Crippen molar-refractivity contribution in [3.05, 3.63) is 77.9 Å². The molecule has 0 atom stereocenters. The summed E-state index contributed by atoms with van der Waals surface area (Å²) in [4.78, 5) is 14.4. The fourth-order valence-electron chi connectivity index (χ4n) is 2.73. The molecule has 3 aromatic carbocycles. The minimum Gasteiger partial charge on any atom is -0.497 e. The standard InChI is InChI=1S/C20H19NO2/c1-21(20(22)16-9-6-11-18(13-16)23-2)14-17-10-5-8-15-7-3-4-12-19(15)17/h3-13H,14H2,1-2H3. The molecule has 0 saturated carbocycles. The number of fused-ring (bicyclic) bond motifs is 1. The Bertz CT molecular complexity index is 836. The predicted octanol–water partition coefficient (Wildman–Crippen LogP) is 4.12. The Kier molecular flexibility index (Phi) is 4.29. The van der Waals surface area contributed by atoms with E-state index >= 15 is 0 Å². The topological polar surface area (TPSA) is 29.5 Å². The Labute approximate surface area is 136 Å². The average Bonchev–Trinajstić information content (AvgIpc) is 2.61. The summed E-state index contributed by atoms with van der Waals surface area (Å²) in [6.07, 6.45) is 0. The lowest BCUT2D eigenvalue weighted by Gasteiger charge is -2.19. The largest absolute Gasteiger partial charge is 0.497 e. The van der Waals surface area contributed by atoms with E-state index in [1.165, 1.54) is 10.8 Å². The van der Waals surface area contributed by atoms with Crippen molar-refractivity contribution in [3.8, 4) is 5.75 Å². The van der Waals surface area contributed by atoms with Crippen molar-refractivity contribution in [1.82, 2.24) is 4.90 Å². The van der Waals surface area contributed by atoms with Crippen LogP contribution in [0.4, 0.5) is 0 Å². The Hall–Kier alpha value is -2.81. The molecule has 0 aliphatic carbocycles. The van der Waals surface area contributed by atoms with Gasteiger partial charge in [0, 0.05) is 19.2 Å². The minimum absolute atomic E-state index is 0.0168. The van der Waals surface area contributed by atoms with Gasteiger partial charge in [0.2, 0.25) is 0 Å². The van der Waals surface area contributed by atoms with Gasteiger partial charge in [-0.2, -0.15) is 0 Å². The maximum Gasteiger partial charge on any atom is 0.254 e. The van der Waals surface area contributed by atoms with Gasteiger partial charge >= 0.3 is 0 Å². The van der Waals surface area contributed by atoms with Crippen LogP contribution in [0.25, 0.3) is 10.8 Å². The zero-order chi connectivity index (χ0) is 16.2. The summed E-state index contributed by atoms with van der Waals surface area (Å²) in [5, 5.41) is 2.37. The zero-order valence-corrected chi connectivity index (χ0v) is 13.3. The van der Waals surface area contributed by atoms with Crippen LogP contribution < -0.4 is 4.74 Å². The fourth-order valence-corrected chi connectivity index (χ4v) is 2.73. The fraction of sp³-hybridized carbons (Fsp3) is 0.150. The molecule has 3 aromatic rings. The molecule has 0 fully saturated rings. The molecule has 0 N–H and O–H groups in total. The van der Waals surface area contributed by atoms with Gasteiger partial charge in [-0.25, -0.2) is 0 Å². The van der Waals surface area contributed by atoms with Crippen molar-refractivity contribution < 1.29 is 9.53 Å². The average molecular weight is 305 g/mol. The number of hydrogen-bond acceptors (Lipinski definition) is 2. The molecule has 1 amide bonds. The molecule has 0 aliphatic heterocycles. The van der Waals surface area contributed by atoms with E-state index in [1.54, 1.807) is 18.1 Å². The van der Waals surface area contributed by atoms with Crippen molar-refractivity contribution in [2.45, 2.75) is 6.54 Å². The van der Waals surface area contributed by atoms with Crippen molar-refractivity contribution in [2.24, 2.45) is 0 Å². The SMILES string of the molecule is COc1cccc(C(=O)N(C)Cc2cccc3ccccc23)c1. The summed E-state index contributed by atoms with van der Waals surface area (Å²) in [7, 11) is 3.42. The summed E-state index contributed by atoms with van der Waals surface area (Å²) in [5.74, 6) is 0.672. The van der Waals surface area contributed by atoms with Crippen LogP contribution in [0.2, 0.25) is 0 Å². The molecule has 0 bridgehead atoms. The number of nitrogens with zero attached hydrogens (tertiary/aromatic N) is 1. The van der Waals surface area contributed by atoms with Gasteiger partial charge in [0.25, 0.3) is 5.91 Å². The van der Waals surface area contributed by atoms with Crippen LogP contribution >= 0.6 is 0 Å². The maximum absolute atomic E-state index is 12.6. The number of hydrogen-bond donors (Lipinski definition) is 0. The first-order valence-electron chi connectivity index (χ1n) is 7.55. The highest BCUT2D eigenvalue weighted by Gasteiger charge is 2.13. The molecule has 3 nitrogen and oxygen atoms in total. The molecular formula is C20H19NO2. The van der Waals surface area contributed by atoms with Crippen molar-refractivity contribution >= 4 is 16.7 Å². The van der Waals surface area contributed by atoms with Crippen LogP contribution in [-0.4, -0.2) is 25.0 Å². The van der Waals surface area contributed by atoms with E-state index in [0.29, 0.717) is 17.9 Å². The molecule has 0 saturated heterocycles. The molecule has 0 heterocycles. The highest BCUT2D eigenvalue weighted by Crippen LogP contribution is 2.21. The normalized spacial score (nSPS) is 10.5. The second-order valence-corrected chi connectivity index (χ2v) is 5.53. The molecule has 0 aromatic heterocycles. The Morgan fingerprint density at radius 1 is 1.00 bits per heavy atom. The van der Waals surface area contributed by atoms with Crippen LogP contribution in [-0.2, 0) is 6.54 Å². The summed E-state index contributed by atoms with van der Waals surface area (Å²) < 4.78 is 5.19. The number of methoxy groups -OCH3 is 1. The van der Waals surface area contributed by atoms with Gasteiger partial charge in [0.1, 0.15) is 5.75 Å². The van der Waals surface area contributed by atoms with Gasteiger partial charge in [0.05, 0.1) is 7.11 Å². The molecular weight excluding hydrogens is 286 g/mol. The number of carbonyl (C=O) groups excluding carboxylic acids is 1. The van der Waals surface area contributed by atoms with Crippen molar-refractivity contribution in [1.29, 1.82) is 0 Å². The van der Waals surface area contributed by atoms with E-state index in [-0.39, 0.29) is 5.91 Å². The van der Waals surface area contributed by atoms with Crippen LogP contribution in [0.3, 0.4) is 0 Å². The smallest absolute Gasteiger partial charge is 0.254 e. The Balaban J connectivity index is 1.85. The Morgan fingerprint density at radius 2 is 1.74 bits per heavy atom. The molecule has 0 aliphatic rings. The van der Waals surface area contributed by atoms with Gasteiger partial charge in [-0.15, -0.1) is 0 Å². The van der Waals surface area contributed by atoms with Gasteiger partial charge in [-0.1, -0.05) is 48.5 Å². The second-order valence-electron chi connectivity index (χ2n) is 5.53.